The third-order valence-electron chi connectivity index (χ3n) is 12.0. The van der Waals surface area contributed by atoms with Crippen LogP contribution in [0, 0.1) is 11.8 Å². The number of carbonyl (C=O) groups is 11. The predicted molar refractivity (Wildman–Crippen MR) is 256 cm³/mol. The first-order chi connectivity index (χ1) is 32.6. The number of hydrogen-bond acceptors (Lipinski definition) is 15. The number of amides is 10. The Hall–Kier alpha value is -5.95. The van der Waals surface area contributed by atoms with Gasteiger partial charge in [0.15, 0.2) is 5.78 Å². The normalized spacial score (nSPS) is 24.7. The highest BCUT2D eigenvalue weighted by Gasteiger charge is 2.41. The number of carbonyl (C=O) groups excluding carboxylic acids is 11. The van der Waals surface area contributed by atoms with E-state index < -0.39 is 138 Å². The SMILES string of the molecule is CC[C@H](C)[C@H](NC(=O)[C@@H]1CCCN1C(=O)[C@@H]1CSSC[C@H](N)C(=O)N[C@@H](Cc2ccc(O)cc2)C(=O)N[C@@H]([C@@H](C)CC)C(=O)N[C@@H](CCC(N)=O)C(=O)N[C@@H](CC(N)=O)C(=O)N1)C(=O)CCC(N)=O. The molecule has 2 fully saturated rings. The second kappa shape index (κ2) is 27.9. The average Bonchev–Trinajstić information content (AvgIpc) is 3.80. The first kappa shape index (κ1) is 57.4. The standard InChI is InChI=1S/C44H67N11O12S2/c1-5-22(3)36(32(57)14-16-34(47)59)53-42(65)31-8-7-17-55(31)44(67)30-21-69-68-20-26(45)38(61)50-28(18-24-9-11-25(56)12-10-24)41(64)54-37(23(4)6-2)43(66)49-27(13-15-33(46)58)39(62)51-29(19-35(48)60)40(63)52-30/h9-12,22-23,26-31,36-37,56H,5-8,13-21,45H2,1-4H3,(H2,46,58)(H2,47,59)(H2,48,60)(H,49,66)(H,50,61)(H,51,62)(H,52,63)(H,53,65)(H,54,64)/t22-,23-,26-,27-,28-,29-,30-,31-,36-,37-/m0/s1. The number of aromatic hydroxyl groups is 1. The lowest BCUT2D eigenvalue weighted by Gasteiger charge is -2.31. The lowest BCUT2D eigenvalue weighted by molar-refractivity contribution is -0.142. The first-order valence-corrected chi connectivity index (χ1v) is 25.3. The number of likely N-dealkylation sites (tertiary alicyclic amines) is 1. The zero-order valence-corrected chi connectivity index (χ0v) is 40.9. The van der Waals surface area contributed by atoms with Crippen molar-refractivity contribution in [3.05, 3.63) is 29.8 Å². The van der Waals surface area contributed by atoms with Crippen molar-refractivity contribution in [2.45, 2.75) is 140 Å². The summed E-state index contributed by atoms with van der Waals surface area (Å²) in [5.41, 5.74) is 23.0. The number of nitrogens with zero attached hydrogens (tertiary/aromatic N) is 1. The summed E-state index contributed by atoms with van der Waals surface area (Å²) in [6.07, 6.45) is -0.755. The van der Waals surface area contributed by atoms with Gasteiger partial charge in [0.2, 0.25) is 59.1 Å². The molecule has 10 amide bonds. The summed E-state index contributed by atoms with van der Waals surface area (Å²) in [4.78, 5) is 148. The number of Topliss-reactive ketones (excluding diaryl/α,β-unsaturated/α-hetero) is 1. The van der Waals surface area contributed by atoms with Gasteiger partial charge >= 0.3 is 0 Å². The molecule has 0 bridgehead atoms. The maximum atomic E-state index is 14.5. The Morgan fingerprint density at radius 2 is 1.33 bits per heavy atom. The number of nitrogens with two attached hydrogens (primary N) is 4. The van der Waals surface area contributed by atoms with Gasteiger partial charge in [-0.25, -0.2) is 0 Å². The summed E-state index contributed by atoms with van der Waals surface area (Å²) >= 11 is 0. The number of phenolic OH excluding ortho intramolecular Hbond substituents is 1. The molecule has 0 unspecified atom stereocenters. The second-order valence-corrected chi connectivity index (χ2v) is 19.9. The lowest BCUT2D eigenvalue weighted by atomic mass is 9.92. The minimum absolute atomic E-state index is 0.0447. The Bertz CT molecular complexity index is 2050. The molecule has 3 rings (SSSR count). The smallest absolute Gasteiger partial charge is 0.246 e. The fourth-order valence-corrected chi connectivity index (χ4v) is 9.78. The van der Waals surface area contributed by atoms with Crippen LogP contribution < -0.4 is 54.8 Å². The molecule has 69 heavy (non-hydrogen) atoms. The Morgan fingerprint density at radius 3 is 1.94 bits per heavy atom. The third-order valence-corrected chi connectivity index (χ3v) is 14.4. The molecule has 1 aromatic carbocycles. The zero-order valence-electron chi connectivity index (χ0n) is 39.3. The maximum absolute atomic E-state index is 14.5. The van der Waals surface area contributed by atoms with Gasteiger partial charge in [-0.05, 0) is 48.8 Å². The number of primary amides is 3. The van der Waals surface area contributed by atoms with Crippen LogP contribution in [0.4, 0.5) is 0 Å². The van der Waals surface area contributed by atoms with Gasteiger partial charge < -0.3 is 64.8 Å². The number of hydrogen-bond donors (Lipinski definition) is 11. The number of ketones is 1. The topological polar surface area (TPSA) is 387 Å². The molecule has 10 atom stereocenters. The number of benzene rings is 1. The molecular formula is C44H67N11O12S2. The van der Waals surface area contributed by atoms with Crippen LogP contribution in [0.1, 0.15) is 91.0 Å². The summed E-state index contributed by atoms with van der Waals surface area (Å²) in [7, 11) is 2.06. The van der Waals surface area contributed by atoms with Gasteiger partial charge in [-0.1, -0.05) is 74.3 Å². The maximum Gasteiger partial charge on any atom is 0.246 e. The van der Waals surface area contributed by atoms with E-state index in [9.17, 15) is 57.8 Å². The van der Waals surface area contributed by atoms with E-state index in [2.05, 4.69) is 31.9 Å². The molecule has 2 saturated heterocycles. The van der Waals surface area contributed by atoms with Crippen molar-refractivity contribution in [1.29, 1.82) is 0 Å². The Morgan fingerprint density at radius 1 is 0.739 bits per heavy atom. The molecule has 15 N–H and O–H groups in total. The number of rotatable bonds is 18. The average molecular weight is 1010 g/mol. The highest BCUT2D eigenvalue weighted by Crippen LogP contribution is 2.26. The molecule has 0 saturated carbocycles. The van der Waals surface area contributed by atoms with Crippen LogP contribution in [0.5, 0.6) is 5.75 Å². The third kappa shape index (κ3) is 18.1. The van der Waals surface area contributed by atoms with Crippen LogP contribution in [0.2, 0.25) is 0 Å². The molecule has 1 aromatic rings. The molecule has 0 radical (unpaired) electrons. The Kier molecular flexibility index (Phi) is 23.2. The zero-order chi connectivity index (χ0) is 51.5. The van der Waals surface area contributed by atoms with Crippen molar-refractivity contribution in [3.8, 4) is 5.75 Å². The molecular weight excluding hydrogens is 939 g/mol. The fraction of sp³-hybridized carbons (Fsp3) is 0.614. The molecule has 0 aromatic heterocycles. The summed E-state index contributed by atoms with van der Waals surface area (Å²) in [5, 5.41) is 25.4. The van der Waals surface area contributed by atoms with Gasteiger partial charge in [0.05, 0.1) is 18.5 Å². The van der Waals surface area contributed by atoms with Crippen LogP contribution in [-0.2, 0) is 59.2 Å². The predicted octanol–water partition coefficient (Wildman–Crippen LogP) is -2.38. The molecule has 25 heteroatoms. The van der Waals surface area contributed by atoms with Crippen molar-refractivity contribution >= 4 is 86.4 Å². The van der Waals surface area contributed by atoms with Gasteiger partial charge in [-0.2, -0.15) is 0 Å². The van der Waals surface area contributed by atoms with Gasteiger partial charge in [-0.15, -0.1) is 0 Å². The van der Waals surface area contributed by atoms with E-state index in [4.69, 9.17) is 22.9 Å². The molecule has 382 valence electrons. The highest BCUT2D eigenvalue weighted by atomic mass is 33.1. The van der Waals surface area contributed by atoms with E-state index in [1.54, 1.807) is 20.8 Å². The van der Waals surface area contributed by atoms with Gasteiger partial charge in [0.25, 0.3) is 0 Å². The second-order valence-electron chi connectivity index (χ2n) is 17.3. The summed E-state index contributed by atoms with van der Waals surface area (Å²) in [6, 6.07) is -4.88. The van der Waals surface area contributed by atoms with E-state index in [0.29, 0.717) is 24.8 Å². The van der Waals surface area contributed by atoms with Gasteiger partial charge in [0, 0.05) is 43.7 Å². The van der Waals surface area contributed by atoms with E-state index in [1.165, 1.54) is 29.2 Å². The monoisotopic (exact) mass is 1010 g/mol. The van der Waals surface area contributed by atoms with E-state index in [0.717, 1.165) is 21.6 Å². The minimum Gasteiger partial charge on any atom is -0.508 e. The number of phenols is 1. The van der Waals surface area contributed by atoms with Crippen LogP contribution in [0.25, 0.3) is 0 Å². The van der Waals surface area contributed by atoms with Crippen molar-refractivity contribution in [2.24, 2.45) is 34.8 Å². The highest BCUT2D eigenvalue weighted by molar-refractivity contribution is 8.76. The molecule has 0 aliphatic carbocycles. The Labute approximate surface area is 408 Å². The van der Waals surface area contributed by atoms with Crippen LogP contribution >= 0.6 is 21.6 Å². The molecule has 2 aliphatic heterocycles. The number of nitrogens with one attached hydrogen (secondary N) is 6. The fourth-order valence-electron chi connectivity index (χ4n) is 7.50. The summed E-state index contributed by atoms with van der Waals surface area (Å²) < 4.78 is 0. The minimum atomic E-state index is -1.75. The largest absolute Gasteiger partial charge is 0.508 e. The molecule has 2 aliphatic rings. The van der Waals surface area contributed by atoms with Crippen molar-refractivity contribution < 1.29 is 57.8 Å². The molecule has 23 nitrogen and oxygen atoms in total. The van der Waals surface area contributed by atoms with Crippen molar-refractivity contribution in [1.82, 2.24) is 36.8 Å². The van der Waals surface area contributed by atoms with E-state index in [-0.39, 0.29) is 55.4 Å². The molecule has 2 heterocycles. The van der Waals surface area contributed by atoms with E-state index in [1.807, 2.05) is 6.92 Å². The molecule has 0 spiro atoms. The van der Waals surface area contributed by atoms with Crippen molar-refractivity contribution in [3.63, 3.8) is 0 Å². The van der Waals surface area contributed by atoms with Gasteiger partial charge in [0.1, 0.15) is 42.0 Å². The van der Waals surface area contributed by atoms with E-state index >= 15 is 0 Å². The van der Waals surface area contributed by atoms with Gasteiger partial charge in [-0.3, -0.25) is 52.7 Å². The first-order valence-electron chi connectivity index (χ1n) is 22.8. The summed E-state index contributed by atoms with van der Waals surface area (Å²) in [6.45, 7) is 7.03. The van der Waals surface area contributed by atoms with Crippen LogP contribution in [0.15, 0.2) is 24.3 Å². The summed E-state index contributed by atoms with van der Waals surface area (Å²) in [5.74, 6) is -10.2. The van der Waals surface area contributed by atoms with Crippen LogP contribution in [0.3, 0.4) is 0 Å². The Balaban J connectivity index is 2.06. The van der Waals surface area contributed by atoms with Crippen LogP contribution in [-0.4, -0.2) is 141 Å². The lowest BCUT2D eigenvalue weighted by Crippen LogP contribution is -2.61. The van der Waals surface area contributed by atoms with Crippen molar-refractivity contribution in [2.75, 3.05) is 18.1 Å². The quantitative estimate of drug-likeness (QED) is 0.0685.